The molecular formula is C18H25N5O3S. The Morgan fingerprint density at radius 1 is 1.48 bits per heavy atom. The number of nitrogens with zero attached hydrogens (tertiary/aromatic N) is 3. The van der Waals surface area contributed by atoms with E-state index in [1.54, 1.807) is 18.4 Å². The summed E-state index contributed by atoms with van der Waals surface area (Å²) in [6.45, 7) is 4.22. The van der Waals surface area contributed by atoms with Crippen LogP contribution in [0.3, 0.4) is 0 Å². The van der Waals surface area contributed by atoms with Crippen molar-refractivity contribution in [2.75, 3.05) is 38.3 Å². The zero-order valence-electron chi connectivity index (χ0n) is 15.5. The molecule has 1 aliphatic carbocycles. The van der Waals surface area contributed by atoms with Crippen LogP contribution in [0.4, 0.5) is 5.13 Å². The molecular weight excluding hydrogens is 366 g/mol. The summed E-state index contributed by atoms with van der Waals surface area (Å²) in [5.74, 6) is 0.0722. The van der Waals surface area contributed by atoms with E-state index in [4.69, 9.17) is 14.5 Å². The maximum absolute atomic E-state index is 12.6. The molecule has 0 spiro atoms. The summed E-state index contributed by atoms with van der Waals surface area (Å²) in [6.07, 6.45) is 2.53. The monoisotopic (exact) mass is 391 g/mol. The lowest BCUT2D eigenvalue weighted by molar-refractivity contribution is -0.125. The van der Waals surface area contributed by atoms with Crippen molar-refractivity contribution in [3.05, 3.63) is 28.0 Å². The van der Waals surface area contributed by atoms with E-state index in [0.29, 0.717) is 13.2 Å². The summed E-state index contributed by atoms with van der Waals surface area (Å²) in [6, 6.07) is 1.91. The first-order chi connectivity index (χ1) is 13.2. The van der Waals surface area contributed by atoms with Gasteiger partial charge in [-0.3, -0.25) is 9.89 Å². The van der Waals surface area contributed by atoms with Crippen molar-refractivity contribution in [3.8, 4) is 0 Å². The molecule has 9 heteroatoms. The van der Waals surface area contributed by atoms with Crippen LogP contribution in [0.2, 0.25) is 0 Å². The molecule has 2 aliphatic rings. The number of carbonyl (C=O) groups is 1. The number of carbonyl (C=O) groups excluding carboxylic acids is 1. The van der Waals surface area contributed by atoms with Crippen molar-refractivity contribution in [1.29, 1.82) is 0 Å². The fraction of sp³-hybridized carbons (Fsp3) is 0.611. The molecule has 3 heterocycles. The first-order valence-electron chi connectivity index (χ1n) is 9.34. The van der Waals surface area contributed by atoms with Crippen LogP contribution in [-0.4, -0.2) is 54.5 Å². The number of aryl methyl sites for hydroxylation is 1. The first kappa shape index (κ1) is 18.4. The van der Waals surface area contributed by atoms with Gasteiger partial charge in [0.2, 0.25) is 5.91 Å². The van der Waals surface area contributed by atoms with Crippen molar-refractivity contribution in [1.82, 2.24) is 20.5 Å². The number of thiazole rings is 1. The van der Waals surface area contributed by atoms with Gasteiger partial charge in [-0.05, 0) is 18.9 Å². The van der Waals surface area contributed by atoms with E-state index in [9.17, 15) is 4.79 Å². The summed E-state index contributed by atoms with van der Waals surface area (Å²) in [5, 5.41) is 11.2. The molecule has 0 saturated carbocycles. The number of fused-ring (bicyclic) bond motifs is 1. The third-order valence-corrected chi connectivity index (χ3v) is 6.23. The largest absolute Gasteiger partial charge is 0.378 e. The van der Waals surface area contributed by atoms with Gasteiger partial charge in [-0.15, -0.1) is 11.3 Å². The predicted octanol–water partition coefficient (Wildman–Crippen LogP) is 1.27. The van der Waals surface area contributed by atoms with Gasteiger partial charge in [0.15, 0.2) is 5.13 Å². The normalized spacial score (nSPS) is 19.7. The van der Waals surface area contributed by atoms with E-state index < -0.39 is 0 Å². The Morgan fingerprint density at radius 3 is 3.15 bits per heavy atom. The highest BCUT2D eigenvalue weighted by molar-refractivity contribution is 7.15. The second-order valence-corrected chi connectivity index (χ2v) is 8.00. The number of hydrogen-bond acceptors (Lipinski definition) is 7. The van der Waals surface area contributed by atoms with Crippen molar-refractivity contribution in [2.45, 2.75) is 32.4 Å². The van der Waals surface area contributed by atoms with E-state index in [1.807, 2.05) is 6.07 Å². The lowest BCUT2D eigenvalue weighted by Gasteiger charge is -2.26. The molecule has 1 fully saturated rings. The number of rotatable bonds is 6. The number of anilines is 1. The molecule has 4 rings (SSSR count). The Kier molecular flexibility index (Phi) is 5.70. The highest BCUT2D eigenvalue weighted by atomic mass is 32.1. The maximum Gasteiger partial charge on any atom is 0.223 e. The molecule has 0 radical (unpaired) electrons. The van der Waals surface area contributed by atoms with Crippen LogP contribution >= 0.6 is 11.3 Å². The van der Waals surface area contributed by atoms with Gasteiger partial charge in [-0.2, -0.15) is 5.10 Å². The number of methoxy groups -OCH3 is 1. The van der Waals surface area contributed by atoms with Gasteiger partial charge < -0.3 is 19.7 Å². The summed E-state index contributed by atoms with van der Waals surface area (Å²) < 4.78 is 10.5. The molecule has 1 unspecified atom stereocenters. The van der Waals surface area contributed by atoms with Gasteiger partial charge in [-0.25, -0.2) is 4.98 Å². The number of aromatic nitrogens is 3. The van der Waals surface area contributed by atoms with Crippen molar-refractivity contribution >= 4 is 22.4 Å². The molecule has 0 aromatic carbocycles. The van der Waals surface area contributed by atoms with E-state index in [-0.39, 0.29) is 11.8 Å². The van der Waals surface area contributed by atoms with E-state index in [1.165, 1.54) is 4.88 Å². The molecule has 1 amide bonds. The summed E-state index contributed by atoms with van der Waals surface area (Å²) in [4.78, 5) is 21.0. The fourth-order valence-corrected chi connectivity index (χ4v) is 4.68. The van der Waals surface area contributed by atoms with Gasteiger partial charge in [-0.1, -0.05) is 0 Å². The first-order valence-corrected chi connectivity index (χ1v) is 10.2. The van der Waals surface area contributed by atoms with Gasteiger partial charge in [0, 0.05) is 37.4 Å². The Morgan fingerprint density at radius 2 is 2.33 bits per heavy atom. The van der Waals surface area contributed by atoms with Gasteiger partial charge in [0.25, 0.3) is 0 Å². The third kappa shape index (κ3) is 4.31. The lowest BCUT2D eigenvalue weighted by atomic mass is 9.90. The van der Waals surface area contributed by atoms with Crippen LogP contribution in [-0.2, 0) is 40.3 Å². The van der Waals surface area contributed by atoms with Gasteiger partial charge in [0.1, 0.15) is 0 Å². The average Bonchev–Trinajstić information content (AvgIpc) is 3.33. The van der Waals surface area contributed by atoms with Crippen LogP contribution in [0.25, 0.3) is 0 Å². The number of morpholine rings is 1. The zero-order chi connectivity index (χ0) is 18.6. The second-order valence-electron chi connectivity index (χ2n) is 6.94. The smallest absolute Gasteiger partial charge is 0.223 e. The predicted molar refractivity (Wildman–Crippen MR) is 102 cm³/mol. The molecule has 1 aliphatic heterocycles. The average molecular weight is 391 g/mol. The highest BCUT2D eigenvalue weighted by Crippen LogP contribution is 2.34. The Balaban J connectivity index is 1.32. The standard InChI is InChI=1S/C18H25N5O3S/c1-25-11-14-9-13(21-22-14)10-19-17(24)12-2-3-16-15(8-12)20-18(27-16)23-4-6-26-7-5-23/h9,12H,2-8,10-11H2,1H3,(H,19,24)(H,21,22). The maximum atomic E-state index is 12.6. The Bertz CT molecular complexity index is 784. The van der Waals surface area contributed by atoms with Gasteiger partial charge >= 0.3 is 0 Å². The molecule has 2 aromatic rings. The topological polar surface area (TPSA) is 92.4 Å². The second kappa shape index (κ2) is 8.37. The summed E-state index contributed by atoms with van der Waals surface area (Å²) in [7, 11) is 1.64. The number of ether oxygens (including phenoxy) is 2. The quantitative estimate of drug-likeness (QED) is 0.771. The molecule has 146 valence electrons. The van der Waals surface area contributed by atoms with Crippen LogP contribution < -0.4 is 10.2 Å². The molecule has 2 aromatic heterocycles. The lowest BCUT2D eigenvalue weighted by Crippen LogP contribution is -2.36. The van der Waals surface area contributed by atoms with Crippen molar-refractivity contribution in [2.24, 2.45) is 5.92 Å². The molecule has 1 saturated heterocycles. The van der Waals surface area contributed by atoms with E-state index >= 15 is 0 Å². The highest BCUT2D eigenvalue weighted by Gasteiger charge is 2.28. The zero-order valence-corrected chi connectivity index (χ0v) is 16.3. The summed E-state index contributed by atoms with van der Waals surface area (Å²) >= 11 is 1.78. The number of nitrogens with one attached hydrogen (secondary N) is 2. The van der Waals surface area contributed by atoms with Gasteiger partial charge in [0.05, 0.1) is 43.4 Å². The molecule has 27 heavy (non-hydrogen) atoms. The minimum absolute atomic E-state index is 0.0153. The minimum Gasteiger partial charge on any atom is -0.378 e. The molecule has 8 nitrogen and oxygen atoms in total. The number of amides is 1. The number of hydrogen-bond donors (Lipinski definition) is 2. The minimum atomic E-state index is -0.0153. The Hall–Kier alpha value is -1.97. The SMILES string of the molecule is COCc1cc(CNC(=O)C2CCc3sc(N4CCOCC4)nc3C2)[nH]n1. The fourth-order valence-electron chi connectivity index (χ4n) is 3.53. The van der Waals surface area contributed by atoms with Crippen LogP contribution in [0.5, 0.6) is 0 Å². The molecule has 0 bridgehead atoms. The van der Waals surface area contributed by atoms with Crippen LogP contribution in [0.15, 0.2) is 6.07 Å². The molecule has 1 atom stereocenters. The number of H-pyrrole nitrogens is 1. The van der Waals surface area contributed by atoms with Crippen molar-refractivity contribution in [3.63, 3.8) is 0 Å². The molecule has 2 N–H and O–H groups in total. The van der Waals surface area contributed by atoms with E-state index in [2.05, 4.69) is 20.4 Å². The third-order valence-electron chi connectivity index (χ3n) is 5.01. The van der Waals surface area contributed by atoms with Crippen molar-refractivity contribution < 1.29 is 14.3 Å². The van der Waals surface area contributed by atoms with Crippen LogP contribution in [0.1, 0.15) is 28.4 Å². The summed E-state index contributed by atoms with van der Waals surface area (Å²) in [5.41, 5.74) is 2.81. The van der Waals surface area contributed by atoms with E-state index in [0.717, 1.165) is 67.8 Å². The van der Waals surface area contributed by atoms with Crippen LogP contribution in [0, 0.1) is 5.92 Å². The number of aromatic amines is 1. The Labute approximate surface area is 162 Å².